The number of nitrogens with two attached hydrogens (primary N) is 2. The second kappa shape index (κ2) is 9.29. The summed E-state index contributed by atoms with van der Waals surface area (Å²) in [6.07, 6.45) is 8.19. The maximum absolute atomic E-state index is 12.4. The largest absolute Gasteiger partial charge is 0.507 e. The number of Topliss-reactive ketones (excluding diaryl/α,β-unsaturated/α-hetero) is 1. The van der Waals surface area contributed by atoms with Crippen molar-refractivity contribution in [1.29, 1.82) is 0 Å². The average molecular weight is 431 g/mol. The molecule has 0 aliphatic heterocycles. The molecule has 1 aromatic carbocycles. The van der Waals surface area contributed by atoms with E-state index in [9.17, 15) is 19.8 Å². The molecule has 1 unspecified atom stereocenters. The Morgan fingerprint density at radius 1 is 1.19 bits per heavy atom. The van der Waals surface area contributed by atoms with Gasteiger partial charge in [-0.15, -0.1) is 0 Å². The minimum atomic E-state index is -1.06. The summed E-state index contributed by atoms with van der Waals surface area (Å²) in [4.78, 5) is 24.1. The Morgan fingerprint density at radius 2 is 1.90 bits per heavy atom. The zero-order chi connectivity index (χ0) is 22.8. The summed E-state index contributed by atoms with van der Waals surface area (Å²) in [5.41, 5.74) is 10.3. The number of carbonyl (C=O) groups excluding carboxylic acids is 2. The van der Waals surface area contributed by atoms with Gasteiger partial charge in [-0.1, -0.05) is 32.8 Å². The van der Waals surface area contributed by atoms with Gasteiger partial charge in [0.25, 0.3) is 5.91 Å². The number of aliphatic hydroxyl groups is 1. The van der Waals surface area contributed by atoms with Gasteiger partial charge in [0.2, 0.25) is 0 Å². The van der Waals surface area contributed by atoms with E-state index in [1.54, 1.807) is 6.07 Å². The van der Waals surface area contributed by atoms with E-state index < -0.39 is 16.9 Å². The van der Waals surface area contributed by atoms with Gasteiger partial charge < -0.3 is 21.7 Å². The van der Waals surface area contributed by atoms with Gasteiger partial charge in [-0.3, -0.25) is 9.59 Å². The number of aromatic hydroxyl groups is 1. The first-order chi connectivity index (χ1) is 14.7. The number of benzene rings is 1. The first kappa shape index (κ1) is 23.7. The third kappa shape index (κ3) is 4.12. The molecule has 4 rings (SSSR count). The van der Waals surface area contributed by atoms with Gasteiger partial charge in [-0.25, -0.2) is 0 Å². The van der Waals surface area contributed by atoms with Crippen molar-refractivity contribution in [3.8, 4) is 5.75 Å². The highest BCUT2D eigenvalue weighted by atomic mass is 16.3. The Kier molecular flexibility index (Phi) is 7.11. The summed E-state index contributed by atoms with van der Waals surface area (Å²) in [5, 5.41) is 22.6. The monoisotopic (exact) mass is 430 g/mol. The molecule has 6 nitrogen and oxygen atoms in total. The van der Waals surface area contributed by atoms with Crippen molar-refractivity contribution in [2.24, 2.45) is 23.3 Å². The van der Waals surface area contributed by atoms with Crippen molar-refractivity contribution in [2.45, 2.75) is 89.1 Å². The molecule has 0 heterocycles. The zero-order valence-corrected chi connectivity index (χ0v) is 19.0. The average Bonchev–Trinajstić information content (AvgIpc) is 2.69. The van der Waals surface area contributed by atoms with Crippen LogP contribution in [0.3, 0.4) is 0 Å². The predicted molar refractivity (Wildman–Crippen MR) is 121 cm³/mol. The molecular formula is C25H38N2O4. The van der Waals surface area contributed by atoms with Crippen LogP contribution in [-0.4, -0.2) is 34.0 Å². The van der Waals surface area contributed by atoms with Crippen LogP contribution in [0, 0.1) is 11.8 Å². The van der Waals surface area contributed by atoms with Crippen molar-refractivity contribution in [2.75, 3.05) is 6.54 Å². The molecule has 0 saturated heterocycles. The Labute approximate surface area is 185 Å². The number of fused-ring (bicyclic) bond motifs is 1. The third-order valence-corrected chi connectivity index (χ3v) is 8.12. The first-order valence-electron chi connectivity index (χ1n) is 11.8. The minimum Gasteiger partial charge on any atom is -0.507 e. The van der Waals surface area contributed by atoms with Crippen LogP contribution < -0.4 is 11.5 Å². The van der Waals surface area contributed by atoms with E-state index in [2.05, 4.69) is 0 Å². The van der Waals surface area contributed by atoms with Gasteiger partial charge in [-0.05, 0) is 68.5 Å². The number of carbonyl (C=O) groups is 2. The molecule has 3 fully saturated rings. The van der Waals surface area contributed by atoms with Gasteiger partial charge >= 0.3 is 0 Å². The van der Waals surface area contributed by atoms with Crippen LogP contribution in [0.1, 0.15) is 93.1 Å². The van der Waals surface area contributed by atoms with Crippen LogP contribution in [-0.2, 0) is 16.6 Å². The van der Waals surface area contributed by atoms with Crippen LogP contribution >= 0.6 is 0 Å². The fourth-order valence-electron chi connectivity index (χ4n) is 5.94. The molecule has 172 valence electrons. The van der Waals surface area contributed by atoms with Crippen LogP contribution in [0.25, 0.3) is 0 Å². The lowest BCUT2D eigenvalue weighted by Crippen LogP contribution is -2.61. The SMILES string of the molecule is CCc1ccc(C(N)=O)c(O)c1C12CCC[C@H](C)[C@]1(O)CCC(=O)C2.NCC1CCC1. The molecule has 0 radical (unpaired) electrons. The number of rotatable bonds is 4. The Balaban J connectivity index is 0.000000391. The lowest BCUT2D eigenvalue weighted by Gasteiger charge is -2.57. The van der Waals surface area contributed by atoms with Gasteiger partial charge in [-0.2, -0.15) is 0 Å². The number of amides is 1. The van der Waals surface area contributed by atoms with E-state index in [1.165, 1.54) is 25.3 Å². The van der Waals surface area contributed by atoms with Gasteiger partial charge in [0.1, 0.15) is 11.5 Å². The smallest absolute Gasteiger partial charge is 0.252 e. The normalized spacial score (nSPS) is 30.6. The van der Waals surface area contributed by atoms with Crippen LogP contribution in [0.2, 0.25) is 0 Å². The van der Waals surface area contributed by atoms with Crippen LogP contribution in [0.4, 0.5) is 0 Å². The molecule has 1 amide bonds. The van der Waals surface area contributed by atoms with Crippen molar-refractivity contribution < 1.29 is 19.8 Å². The highest BCUT2D eigenvalue weighted by molar-refractivity contribution is 5.96. The molecule has 1 aromatic rings. The lowest BCUT2D eigenvalue weighted by molar-refractivity contribution is -0.153. The number of hydrogen-bond acceptors (Lipinski definition) is 5. The van der Waals surface area contributed by atoms with Gasteiger partial charge in [0, 0.05) is 23.8 Å². The van der Waals surface area contributed by atoms with E-state index in [0.717, 1.165) is 30.9 Å². The topological polar surface area (TPSA) is 127 Å². The molecule has 31 heavy (non-hydrogen) atoms. The van der Waals surface area contributed by atoms with Crippen molar-refractivity contribution in [3.63, 3.8) is 0 Å². The van der Waals surface area contributed by atoms with Crippen molar-refractivity contribution in [3.05, 3.63) is 28.8 Å². The number of aryl methyl sites for hydroxylation is 1. The zero-order valence-electron chi connectivity index (χ0n) is 19.0. The summed E-state index contributed by atoms with van der Waals surface area (Å²) in [5.74, 6) is 0.159. The maximum Gasteiger partial charge on any atom is 0.252 e. The second-order valence-electron chi connectivity index (χ2n) is 9.76. The quantitative estimate of drug-likeness (QED) is 0.583. The molecule has 0 bridgehead atoms. The molecule has 0 aromatic heterocycles. The van der Waals surface area contributed by atoms with Crippen molar-refractivity contribution >= 4 is 11.7 Å². The molecule has 3 atom stereocenters. The molecule has 0 spiro atoms. The summed E-state index contributed by atoms with van der Waals surface area (Å²) < 4.78 is 0. The van der Waals surface area contributed by atoms with E-state index in [-0.39, 0.29) is 29.4 Å². The van der Waals surface area contributed by atoms with Gasteiger partial charge in [0.15, 0.2) is 0 Å². The molecule has 3 aliphatic rings. The number of hydrogen-bond donors (Lipinski definition) is 4. The highest BCUT2D eigenvalue weighted by Crippen LogP contribution is 2.58. The van der Waals surface area contributed by atoms with E-state index in [4.69, 9.17) is 11.5 Å². The fraction of sp³-hybridized carbons (Fsp3) is 0.680. The third-order valence-electron chi connectivity index (χ3n) is 8.12. The molecule has 3 aliphatic carbocycles. The molecule has 3 saturated carbocycles. The van der Waals surface area contributed by atoms with Crippen LogP contribution in [0.15, 0.2) is 12.1 Å². The van der Waals surface area contributed by atoms with Gasteiger partial charge in [0.05, 0.1) is 11.2 Å². The minimum absolute atomic E-state index is 0.0238. The van der Waals surface area contributed by atoms with Crippen LogP contribution in [0.5, 0.6) is 5.75 Å². The predicted octanol–water partition coefficient (Wildman–Crippen LogP) is 3.34. The number of ketones is 1. The molecular weight excluding hydrogens is 392 g/mol. The van der Waals surface area contributed by atoms with Crippen molar-refractivity contribution in [1.82, 2.24) is 0 Å². The Morgan fingerprint density at radius 3 is 2.42 bits per heavy atom. The first-order valence-corrected chi connectivity index (χ1v) is 11.8. The fourth-order valence-corrected chi connectivity index (χ4v) is 5.94. The lowest BCUT2D eigenvalue weighted by atomic mass is 9.49. The number of primary amides is 1. The Bertz CT molecular complexity index is 832. The molecule has 6 heteroatoms. The summed E-state index contributed by atoms with van der Waals surface area (Å²) in [7, 11) is 0. The maximum atomic E-state index is 12.4. The van der Waals surface area contributed by atoms with E-state index in [1.807, 2.05) is 13.8 Å². The number of phenols is 1. The second-order valence-corrected chi connectivity index (χ2v) is 9.76. The summed E-state index contributed by atoms with van der Waals surface area (Å²) in [6.45, 7) is 4.90. The highest BCUT2D eigenvalue weighted by Gasteiger charge is 2.60. The summed E-state index contributed by atoms with van der Waals surface area (Å²) in [6, 6.07) is 3.33. The van der Waals surface area contributed by atoms with E-state index in [0.29, 0.717) is 31.2 Å². The summed E-state index contributed by atoms with van der Waals surface area (Å²) >= 11 is 0. The standard InChI is InChI=1S/C20H27NO4.C5H11N/c1-3-13-6-7-15(18(21)24)17(23)16(13)19-9-4-5-12(2)20(19,25)10-8-14(22)11-19;6-4-5-2-1-3-5/h6-7,12,23,25H,3-5,8-11H2,1-2H3,(H2,21,24);5H,1-4,6H2/t12-,19?,20+;/m0./s1. The van der Waals surface area contributed by atoms with E-state index >= 15 is 0 Å². The molecule has 6 N–H and O–H groups in total. The Hall–Kier alpha value is -1.92.